The molecular weight excluding hydrogens is 350 g/mol. The lowest BCUT2D eigenvalue weighted by atomic mass is 10.0. The van der Waals surface area contributed by atoms with Gasteiger partial charge in [-0.2, -0.15) is 0 Å². The summed E-state index contributed by atoms with van der Waals surface area (Å²) >= 11 is 0. The first-order valence-electron chi connectivity index (χ1n) is 7.96. The van der Waals surface area contributed by atoms with Crippen LogP contribution in [0.2, 0.25) is 0 Å². The second-order valence-electron chi connectivity index (χ2n) is 6.23. The van der Waals surface area contributed by atoms with Gasteiger partial charge in [0.25, 0.3) is 0 Å². The molecule has 11 heteroatoms. The van der Waals surface area contributed by atoms with Crippen molar-refractivity contribution in [2.75, 3.05) is 0 Å². The Morgan fingerprint density at radius 3 is 1.85 bits per heavy atom. The molecule has 0 saturated heterocycles. The molecular formula is C15H25N3O8. The number of nitrogens with two attached hydrogens (primary N) is 1. The highest BCUT2D eigenvalue weighted by Crippen LogP contribution is 2.07. The molecule has 0 aromatic heterocycles. The van der Waals surface area contributed by atoms with E-state index in [9.17, 15) is 24.0 Å². The van der Waals surface area contributed by atoms with Crippen molar-refractivity contribution >= 4 is 29.7 Å². The van der Waals surface area contributed by atoms with Crippen LogP contribution >= 0.6 is 0 Å². The predicted molar refractivity (Wildman–Crippen MR) is 88.1 cm³/mol. The third-order valence-corrected chi connectivity index (χ3v) is 3.34. The van der Waals surface area contributed by atoms with Crippen molar-refractivity contribution in [2.24, 2.45) is 11.7 Å². The number of carboxylic acids is 3. The van der Waals surface area contributed by atoms with Gasteiger partial charge in [-0.1, -0.05) is 13.8 Å². The number of rotatable bonds is 12. The molecule has 0 aliphatic carbocycles. The molecule has 3 unspecified atom stereocenters. The van der Waals surface area contributed by atoms with Gasteiger partial charge in [-0.25, -0.2) is 4.79 Å². The molecule has 0 bridgehead atoms. The maximum absolute atomic E-state index is 12.3. The average molecular weight is 375 g/mol. The molecule has 11 nitrogen and oxygen atoms in total. The van der Waals surface area contributed by atoms with E-state index >= 15 is 0 Å². The van der Waals surface area contributed by atoms with Gasteiger partial charge < -0.3 is 31.7 Å². The molecule has 7 N–H and O–H groups in total. The summed E-state index contributed by atoms with van der Waals surface area (Å²) in [4.78, 5) is 56.6. The van der Waals surface area contributed by atoms with Crippen LogP contribution in [0.15, 0.2) is 0 Å². The summed E-state index contributed by atoms with van der Waals surface area (Å²) in [5, 5.41) is 30.7. The maximum atomic E-state index is 12.3. The molecule has 0 fully saturated rings. The fourth-order valence-corrected chi connectivity index (χ4v) is 2.04. The summed E-state index contributed by atoms with van der Waals surface area (Å²) < 4.78 is 0. The van der Waals surface area contributed by atoms with E-state index in [0.717, 1.165) is 0 Å². The molecule has 26 heavy (non-hydrogen) atoms. The van der Waals surface area contributed by atoms with Crippen LogP contribution in [-0.2, 0) is 24.0 Å². The SMILES string of the molecule is CC(C)CC(NC(=O)C(N)CCC(=O)O)C(=O)NC(CC(=O)O)C(=O)O. The highest BCUT2D eigenvalue weighted by molar-refractivity contribution is 5.92. The first-order chi connectivity index (χ1) is 11.9. The fourth-order valence-electron chi connectivity index (χ4n) is 2.04. The molecule has 0 aliphatic rings. The number of amides is 2. The zero-order valence-electron chi connectivity index (χ0n) is 14.6. The number of carboxylic acid groups (broad SMARTS) is 3. The van der Waals surface area contributed by atoms with Gasteiger partial charge in [0.1, 0.15) is 12.1 Å². The Balaban J connectivity index is 5.02. The van der Waals surface area contributed by atoms with Crippen LogP contribution in [0.5, 0.6) is 0 Å². The Bertz CT molecular complexity index is 549. The Hall–Kier alpha value is -2.69. The number of nitrogens with one attached hydrogen (secondary N) is 2. The van der Waals surface area contributed by atoms with Crippen LogP contribution in [0.3, 0.4) is 0 Å². The van der Waals surface area contributed by atoms with Crippen molar-refractivity contribution < 1.29 is 39.3 Å². The molecule has 0 aromatic carbocycles. The molecule has 0 rings (SSSR count). The molecule has 148 valence electrons. The van der Waals surface area contributed by atoms with Crippen LogP contribution in [0.4, 0.5) is 0 Å². The second kappa shape index (κ2) is 11.0. The topological polar surface area (TPSA) is 196 Å². The van der Waals surface area contributed by atoms with Crippen molar-refractivity contribution in [2.45, 2.75) is 57.7 Å². The van der Waals surface area contributed by atoms with Gasteiger partial charge >= 0.3 is 17.9 Å². The second-order valence-corrected chi connectivity index (χ2v) is 6.23. The maximum Gasteiger partial charge on any atom is 0.326 e. The average Bonchev–Trinajstić information content (AvgIpc) is 2.49. The van der Waals surface area contributed by atoms with Gasteiger partial charge in [0.15, 0.2) is 0 Å². The smallest absolute Gasteiger partial charge is 0.326 e. The van der Waals surface area contributed by atoms with Crippen LogP contribution < -0.4 is 16.4 Å². The molecule has 0 radical (unpaired) electrons. The van der Waals surface area contributed by atoms with E-state index in [0.29, 0.717) is 0 Å². The monoisotopic (exact) mass is 375 g/mol. The van der Waals surface area contributed by atoms with E-state index in [-0.39, 0.29) is 25.2 Å². The van der Waals surface area contributed by atoms with Gasteiger partial charge in [0.2, 0.25) is 11.8 Å². The summed E-state index contributed by atoms with van der Waals surface area (Å²) in [6, 6.07) is -3.93. The van der Waals surface area contributed by atoms with E-state index in [2.05, 4.69) is 10.6 Å². The lowest BCUT2D eigenvalue weighted by molar-refractivity contribution is -0.147. The highest BCUT2D eigenvalue weighted by Gasteiger charge is 2.29. The van der Waals surface area contributed by atoms with Crippen LogP contribution in [0, 0.1) is 5.92 Å². The van der Waals surface area contributed by atoms with Gasteiger partial charge in [-0.15, -0.1) is 0 Å². The number of carbonyl (C=O) groups is 5. The quantitative estimate of drug-likeness (QED) is 0.241. The zero-order chi connectivity index (χ0) is 20.4. The van der Waals surface area contributed by atoms with Crippen LogP contribution in [0.25, 0.3) is 0 Å². The Kier molecular flexibility index (Phi) is 9.89. The minimum absolute atomic E-state index is 0.0518. The minimum atomic E-state index is -1.65. The van der Waals surface area contributed by atoms with E-state index in [1.807, 2.05) is 0 Å². The standard InChI is InChI=1S/C15H25N3O8/c1-7(2)5-9(17-13(23)8(16)3-4-11(19)20)14(24)18-10(15(25)26)6-12(21)22/h7-10H,3-6,16H2,1-2H3,(H,17,23)(H,18,24)(H,19,20)(H,21,22)(H,25,26). The number of hydrogen-bond donors (Lipinski definition) is 6. The first-order valence-corrected chi connectivity index (χ1v) is 7.96. The van der Waals surface area contributed by atoms with Crippen molar-refractivity contribution in [3.8, 4) is 0 Å². The lowest BCUT2D eigenvalue weighted by Crippen LogP contribution is -2.55. The van der Waals surface area contributed by atoms with Crippen molar-refractivity contribution in [1.29, 1.82) is 0 Å². The Labute approximate surface area is 149 Å². The molecule has 3 atom stereocenters. The first kappa shape index (κ1) is 23.3. The summed E-state index contributed by atoms with van der Waals surface area (Å²) in [6.45, 7) is 3.53. The molecule has 2 amide bonds. The summed E-state index contributed by atoms with van der Waals surface area (Å²) in [7, 11) is 0. The van der Waals surface area contributed by atoms with E-state index in [1.54, 1.807) is 13.8 Å². The van der Waals surface area contributed by atoms with E-state index in [1.165, 1.54) is 0 Å². The third kappa shape index (κ3) is 9.57. The molecule has 0 spiro atoms. The van der Waals surface area contributed by atoms with Crippen LogP contribution in [-0.4, -0.2) is 63.2 Å². The molecule has 0 aromatic rings. The van der Waals surface area contributed by atoms with Gasteiger partial charge in [0.05, 0.1) is 12.5 Å². The van der Waals surface area contributed by atoms with Crippen molar-refractivity contribution in [3.63, 3.8) is 0 Å². The number of carbonyl (C=O) groups excluding carboxylic acids is 2. The normalized spacial score (nSPS) is 14.2. The predicted octanol–water partition coefficient (Wildman–Crippen LogP) is -1.25. The molecule has 0 saturated carbocycles. The Morgan fingerprint density at radius 2 is 1.42 bits per heavy atom. The van der Waals surface area contributed by atoms with E-state index in [4.69, 9.17) is 21.1 Å². The van der Waals surface area contributed by atoms with Crippen molar-refractivity contribution in [1.82, 2.24) is 10.6 Å². The third-order valence-electron chi connectivity index (χ3n) is 3.34. The molecule has 0 heterocycles. The fraction of sp³-hybridized carbons (Fsp3) is 0.667. The van der Waals surface area contributed by atoms with Gasteiger partial charge in [-0.05, 0) is 18.8 Å². The highest BCUT2D eigenvalue weighted by atomic mass is 16.4. The minimum Gasteiger partial charge on any atom is -0.481 e. The summed E-state index contributed by atoms with van der Waals surface area (Å²) in [5.41, 5.74) is 5.58. The molecule has 0 aliphatic heterocycles. The summed E-state index contributed by atoms with van der Waals surface area (Å²) in [5.74, 6) is -5.71. The number of hydrogen-bond acceptors (Lipinski definition) is 6. The largest absolute Gasteiger partial charge is 0.481 e. The Morgan fingerprint density at radius 1 is 0.885 bits per heavy atom. The summed E-state index contributed by atoms with van der Waals surface area (Å²) in [6.07, 6.45) is -1.12. The van der Waals surface area contributed by atoms with E-state index < -0.39 is 54.3 Å². The van der Waals surface area contributed by atoms with Gasteiger partial charge in [-0.3, -0.25) is 19.2 Å². The van der Waals surface area contributed by atoms with Crippen molar-refractivity contribution in [3.05, 3.63) is 0 Å². The zero-order valence-corrected chi connectivity index (χ0v) is 14.6. The van der Waals surface area contributed by atoms with Gasteiger partial charge in [0, 0.05) is 6.42 Å². The lowest BCUT2D eigenvalue weighted by Gasteiger charge is -2.23. The van der Waals surface area contributed by atoms with Crippen LogP contribution in [0.1, 0.15) is 39.5 Å². The number of aliphatic carboxylic acids is 3.